The molecule has 0 amide bonds. The van der Waals surface area contributed by atoms with Crippen LogP contribution >= 0.6 is 0 Å². The van der Waals surface area contributed by atoms with Crippen LogP contribution in [0.25, 0.3) is 0 Å². The molecule has 154 valence electrons. The average Bonchev–Trinajstić information content (AvgIpc) is 2.73. The maximum absolute atomic E-state index is 6.43. The van der Waals surface area contributed by atoms with Crippen molar-refractivity contribution >= 4 is 0 Å². The third-order valence-electron chi connectivity index (χ3n) is 4.41. The SMILES string of the molecule is CC(C)(C)Oc1ccc([C@@H]2CN(C(C)(C)C)C(C)(C)O2)cc1OC(C)(C)C. The highest BCUT2D eigenvalue weighted by atomic mass is 16.5. The van der Waals surface area contributed by atoms with Gasteiger partial charge in [0.15, 0.2) is 11.5 Å². The van der Waals surface area contributed by atoms with Gasteiger partial charge in [0.2, 0.25) is 0 Å². The molecule has 0 saturated carbocycles. The molecule has 1 fully saturated rings. The van der Waals surface area contributed by atoms with Gasteiger partial charge in [-0.2, -0.15) is 0 Å². The molecule has 0 radical (unpaired) electrons. The zero-order valence-corrected chi connectivity index (χ0v) is 19.2. The van der Waals surface area contributed by atoms with E-state index in [1.807, 2.05) is 26.8 Å². The fraction of sp³-hybridized carbons (Fsp3) is 0.739. The fourth-order valence-corrected chi connectivity index (χ4v) is 3.64. The number of hydrogen-bond acceptors (Lipinski definition) is 4. The molecule has 1 aromatic carbocycles. The van der Waals surface area contributed by atoms with E-state index in [0.717, 1.165) is 23.6 Å². The van der Waals surface area contributed by atoms with E-state index in [1.54, 1.807) is 0 Å². The van der Waals surface area contributed by atoms with Crippen molar-refractivity contribution in [2.75, 3.05) is 6.54 Å². The number of benzene rings is 1. The summed E-state index contributed by atoms with van der Waals surface area (Å²) in [5.41, 5.74) is 0.261. The standard InChI is InChI=1S/C23H39NO3/c1-20(2,3)24-15-19(27-23(24,10)11)16-12-13-17(25-21(4,5)6)18(14-16)26-22(7,8)9/h12-14,19H,15H2,1-11H3/t19-/m0/s1. The molecule has 1 atom stereocenters. The van der Waals surface area contributed by atoms with Gasteiger partial charge in [-0.05, 0) is 93.9 Å². The molecule has 2 rings (SSSR count). The molecule has 1 heterocycles. The van der Waals surface area contributed by atoms with E-state index in [2.05, 4.69) is 72.4 Å². The molecule has 0 N–H and O–H groups in total. The highest BCUT2D eigenvalue weighted by molar-refractivity contribution is 5.44. The molecular weight excluding hydrogens is 338 g/mol. The van der Waals surface area contributed by atoms with Crippen LogP contribution in [0.1, 0.15) is 87.8 Å². The summed E-state index contributed by atoms with van der Waals surface area (Å²) in [6.45, 7) is 24.1. The van der Waals surface area contributed by atoms with Gasteiger partial charge in [0, 0.05) is 12.1 Å². The Morgan fingerprint density at radius 3 is 1.85 bits per heavy atom. The minimum atomic E-state index is -0.311. The van der Waals surface area contributed by atoms with Gasteiger partial charge in [-0.15, -0.1) is 0 Å². The molecule has 0 aromatic heterocycles. The molecule has 27 heavy (non-hydrogen) atoms. The Morgan fingerprint density at radius 2 is 1.41 bits per heavy atom. The highest BCUT2D eigenvalue weighted by Gasteiger charge is 2.45. The minimum Gasteiger partial charge on any atom is -0.484 e. The smallest absolute Gasteiger partial charge is 0.162 e. The van der Waals surface area contributed by atoms with Crippen molar-refractivity contribution in [2.45, 2.75) is 105 Å². The summed E-state index contributed by atoms with van der Waals surface area (Å²) in [4.78, 5) is 2.41. The Bertz CT molecular complexity index is 660. The molecule has 0 spiro atoms. The Balaban J connectivity index is 2.37. The van der Waals surface area contributed by atoms with Crippen molar-refractivity contribution in [1.29, 1.82) is 0 Å². The molecular formula is C23H39NO3. The van der Waals surface area contributed by atoms with E-state index in [9.17, 15) is 0 Å². The molecule has 1 aliphatic rings. The number of ether oxygens (including phenoxy) is 3. The van der Waals surface area contributed by atoms with Crippen molar-refractivity contribution in [1.82, 2.24) is 4.90 Å². The number of nitrogens with zero attached hydrogens (tertiary/aromatic N) is 1. The summed E-state index contributed by atoms with van der Waals surface area (Å²) >= 11 is 0. The first-order valence-corrected chi connectivity index (χ1v) is 9.95. The zero-order chi connectivity index (χ0) is 20.8. The monoisotopic (exact) mass is 377 g/mol. The molecule has 0 aliphatic carbocycles. The lowest BCUT2D eigenvalue weighted by Crippen LogP contribution is -2.50. The summed E-state index contributed by atoms with van der Waals surface area (Å²) in [6.07, 6.45) is 0.00484. The van der Waals surface area contributed by atoms with E-state index < -0.39 is 0 Å². The third kappa shape index (κ3) is 5.86. The topological polar surface area (TPSA) is 30.9 Å². The third-order valence-corrected chi connectivity index (χ3v) is 4.41. The first kappa shape index (κ1) is 22.0. The lowest BCUT2D eigenvalue weighted by atomic mass is 10.0. The number of rotatable bonds is 3. The summed E-state index contributed by atoms with van der Waals surface area (Å²) < 4.78 is 18.8. The molecule has 1 saturated heterocycles. The predicted molar refractivity (Wildman–Crippen MR) is 112 cm³/mol. The fourth-order valence-electron chi connectivity index (χ4n) is 3.64. The van der Waals surface area contributed by atoms with Crippen LogP contribution < -0.4 is 9.47 Å². The van der Waals surface area contributed by atoms with Crippen LogP contribution in [0.2, 0.25) is 0 Å². The second kappa shape index (κ2) is 6.97. The van der Waals surface area contributed by atoms with Crippen LogP contribution in [0, 0.1) is 0 Å². The van der Waals surface area contributed by atoms with E-state index in [0.29, 0.717) is 0 Å². The average molecular weight is 378 g/mol. The molecule has 1 aromatic rings. The van der Waals surface area contributed by atoms with Gasteiger partial charge in [0.25, 0.3) is 0 Å². The number of hydrogen-bond donors (Lipinski definition) is 0. The van der Waals surface area contributed by atoms with E-state index in [-0.39, 0.29) is 28.6 Å². The quantitative estimate of drug-likeness (QED) is 0.651. The lowest BCUT2D eigenvalue weighted by molar-refractivity contribution is -0.103. The molecule has 0 unspecified atom stereocenters. The van der Waals surface area contributed by atoms with Gasteiger partial charge in [-0.25, -0.2) is 0 Å². The normalized spacial score (nSPS) is 21.4. The van der Waals surface area contributed by atoms with Crippen molar-refractivity contribution < 1.29 is 14.2 Å². The van der Waals surface area contributed by atoms with Crippen LogP contribution in [0.4, 0.5) is 0 Å². The van der Waals surface area contributed by atoms with Gasteiger partial charge in [0.05, 0.1) is 6.10 Å². The van der Waals surface area contributed by atoms with E-state index >= 15 is 0 Å². The molecule has 4 heteroatoms. The highest BCUT2D eigenvalue weighted by Crippen LogP contribution is 2.42. The second-order valence-electron chi connectivity index (χ2n) is 11.0. The summed E-state index contributed by atoms with van der Waals surface area (Å²) in [6, 6.07) is 6.19. The van der Waals surface area contributed by atoms with Crippen molar-refractivity contribution in [2.24, 2.45) is 0 Å². The van der Waals surface area contributed by atoms with E-state index in [4.69, 9.17) is 14.2 Å². The second-order valence-corrected chi connectivity index (χ2v) is 11.0. The maximum atomic E-state index is 6.43. The van der Waals surface area contributed by atoms with Crippen LogP contribution in [-0.2, 0) is 4.74 Å². The summed E-state index contributed by atoms with van der Waals surface area (Å²) in [5, 5.41) is 0. The molecule has 1 aliphatic heterocycles. The molecule has 0 bridgehead atoms. The largest absolute Gasteiger partial charge is 0.484 e. The lowest BCUT2D eigenvalue weighted by Gasteiger charge is -2.40. The van der Waals surface area contributed by atoms with Crippen LogP contribution in [0.5, 0.6) is 11.5 Å². The zero-order valence-electron chi connectivity index (χ0n) is 19.2. The Hall–Kier alpha value is -1.26. The van der Waals surface area contributed by atoms with Crippen molar-refractivity contribution in [3.63, 3.8) is 0 Å². The summed E-state index contributed by atoms with van der Waals surface area (Å²) in [7, 11) is 0. The Labute approximate surface area is 166 Å². The maximum Gasteiger partial charge on any atom is 0.162 e. The van der Waals surface area contributed by atoms with Crippen LogP contribution in [0.3, 0.4) is 0 Å². The predicted octanol–water partition coefficient (Wildman–Crippen LogP) is 5.95. The van der Waals surface area contributed by atoms with Crippen molar-refractivity contribution in [3.05, 3.63) is 23.8 Å². The van der Waals surface area contributed by atoms with Crippen molar-refractivity contribution in [3.8, 4) is 11.5 Å². The van der Waals surface area contributed by atoms with E-state index in [1.165, 1.54) is 0 Å². The van der Waals surface area contributed by atoms with Crippen LogP contribution in [-0.4, -0.2) is 33.9 Å². The van der Waals surface area contributed by atoms with Gasteiger partial charge in [-0.1, -0.05) is 6.07 Å². The first-order valence-electron chi connectivity index (χ1n) is 9.95. The Morgan fingerprint density at radius 1 is 0.889 bits per heavy atom. The Kier molecular flexibility index (Phi) is 5.68. The van der Waals surface area contributed by atoms with Gasteiger partial charge in [-0.3, -0.25) is 4.90 Å². The van der Waals surface area contributed by atoms with Gasteiger partial charge >= 0.3 is 0 Å². The summed E-state index contributed by atoms with van der Waals surface area (Å²) in [5.74, 6) is 1.54. The van der Waals surface area contributed by atoms with Crippen LogP contribution in [0.15, 0.2) is 18.2 Å². The van der Waals surface area contributed by atoms with Gasteiger partial charge < -0.3 is 14.2 Å². The first-order chi connectivity index (χ1) is 12.0. The minimum absolute atomic E-state index is 0.00484. The molecule has 4 nitrogen and oxygen atoms in total. The van der Waals surface area contributed by atoms with Gasteiger partial charge in [0.1, 0.15) is 16.9 Å².